The first-order valence-electron chi connectivity index (χ1n) is 4.94. The van der Waals surface area contributed by atoms with Gasteiger partial charge in [0.05, 0.1) is 11.0 Å². The van der Waals surface area contributed by atoms with Gasteiger partial charge in [-0.25, -0.2) is 8.42 Å². The third-order valence-corrected chi connectivity index (χ3v) is 4.71. The molecule has 0 spiro atoms. The van der Waals surface area contributed by atoms with Crippen molar-refractivity contribution in [3.8, 4) is 0 Å². The van der Waals surface area contributed by atoms with Gasteiger partial charge < -0.3 is 5.11 Å². The molecule has 1 saturated heterocycles. The molecule has 1 aromatic rings. The molecule has 6 heteroatoms. The predicted molar refractivity (Wildman–Crippen MR) is 60.8 cm³/mol. The molecule has 0 aromatic heterocycles. The van der Waals surface area contributed by atoms with Gasteiger partial charge >= 0.3 is 0 Å². The Morgan fingerprint density at radius 2 is 1.94 bits per heavy atom. The number of halogens is 1. The molecule has 0 unspecified atom stereocenters. The summed E-state index contributed by atoms with van der Waals surface area (Å²) in [4.78, 5) is 0.214. The van der Waals surface area contributed by atoms with Crippen LogP contribution in [0, 0.1) is 0 Å². The molecular formula is C10H12ClNO3S. The maximum Gasteiger partial charge on any atom is 0.243 e. The minimum absolute atomic E-state index is 0.172. The van der Waals surface area contributed by atoms with E-state index in [2.05, 4.69) is 0 Å². The molecule has 88 valence electrons. The highest BCUT2D eigenvalue weighted by Crippen LogP contribution is 2.22. The maximum atomic E-state index is 12.1. The third-order valence-electron chi connectivity index (χ3n) is 2.58. The highest BCUT2D eigenvalue weighted by molar-refractivity contribution is 7.89. The lowest BCUT2D eigenvalue weighted by Gasteiger charge is -2.15. The SMILES string of the molecule is O=S(=O)(c1ccc(Cl)cc1)N1CC[C@@H](O)C1. The molecule has 0 radical (unpaired) electrons. The molecule has 1 atom stereocenters. The Bertz CT molecular complexity index is 471. The van der Waals surface area contributed by atoms with Crippen molar-refractivity contribution >= 4 is 21.6 Å². The normalized spacial score (nSPS) is 22.5. The van der Waals surface area contributed by atoms with E-state index >= 15 is 0 Å². The van der Waals surface area contributed by atoms with Crippen LogP contribution in [0.2, 0.25) is 5.02 Å². The summed E-state index contributed by atoms with van der Waals surface area (Å²) in [6.07, 6.45) is -0.0608. The van der Waals surface area contributed by atoms with Gasteiger partial charge in [-0.15, -0.1) is 0 Å². The zero-order valence-corrected chi connectivity index (χ0v) is 10.1. The quantitative estimate of drug-likeness (QED) is 0.867. The van der Waals surface area contributed by atoms with Crippen LogP contribution in [-0.2, 0) is 10.0 Å². The summed E-state index contributed by atoms with van der Waals surface area (Å²) in [5, 5.41) is 9.83. The number of hydrogen-bond donors (Lipinski definition) is 1. The molecule has 1 fully saturated rings. The van der Waals surface area contributed by atoms with Crippen molar-refractivity contribution in [1.29, 1.82) is 0 Å². The van der Waals surface area contributed by atoms with Gasteiger partial charge in [0.15, 0.2) is 0 Å². The van der Waals surface area contributed by atoms with Crippen LogP contribution >= 0.6 is 11.6 Å². The zero-order chi connectivity index (χ0) is 11.8. The Hall–Kier alpha value is -0.620. The van der Waals surface area contributed by atoms with Crippen LogP contribution in [0.25, 0.3) is 0 Å². The van der Waals surface area contributed by atoms with Crippen LogP contribution in [0.3, 0.4) is 0 Å². The van der Waals surface area contributed by atoms with Gasteiger partial charge in [0.25, 0.3) is 0 Å². The Kier molecular flexibility index (Phi) is 3.21. The van der Waals surface area contributed by atoms with Crippen LogP contribution < -0.4 is 0 Å². The minimum atomic E-state index is -3.47. The molecule has 1 aliphatic heterocycles. The lowest BCUT2D eigenvalue weighted by molar-refractivity contribution is 0.189. The summed E-state index contributed by atoms with van der Waals surface area (Å²) >= 11 is 5.70. The lowest BCUT2D eigenvalue weighted by Crippen LogP contribution is -2.29. The molecule has 4 nitrogen and oxygen atoms in total. The van der Waals surface area contributed by atoms with Crippen LogP contribution in [-0.4, -0.2) is 37.0 Å². The van der Waals surface area contributed by atoms with Gasteiger partial charge in [0.2, 0.25) is 10.0 Å². The van der Waals surface area contributed by atoms with E-state index in [1.54, 1.807) is 12.1 Å². The average Bonchev–Trinajstić information content (AvgIpc) is 2.66. The van der Waals surface area contributed by atoms with E-state index in [0.717, 1.165) is 0 Å². The van der Waals surface area contributed by atoms with E-state index < -0.39 is 16.1 Å². The second-order valence-electron chi connectivity index (χ2n) is 3.76. The first kappa shape index (κ1) is 11.9. The largest absolute Gasteiger partial charge is 0.392 e. The molecule has 16 heavy (non-hydrogen) atoms. The second-order valence-corrected chi connectivity index (χ2v) is 6.13. The molecule has 2 rings (SSSR count). The first-order chi connectivity index (χ1) is 7.50. The highest BCUT2D eigenvalue weighted by Gasteiger charge is 2.31. The van der Waals surface area contributed by atoms with E-state index in [1.165, 1.54) is 16.4 Å². The van der Waals surface area contributed by atoms with Crippen molar-refractivity contribution in [3.05, 3.63) is 29.3 Å². The number of sulfonamides is 1. The van der Waals surface area contributed by atoms with Crippen molar-refractivity contribution in [3.63, 3.8) is 0 Å². The Morgan fingerprint density at radius 3 is 2.44 bits per heavy atom. The molecule has 0 saturated carbocycles. The topological polar surface area (TPSA) is 57.6 Å². The number of β-amino-alcohol motifs (C(OH)–C–C–N with tert-alkyl or cyclic N) is 1. The molecule has 0 bridgehead atoms. The average molecular weight is 262 g/mol. The predicted octanol–water partition coefficient (Wildman–Crippen LogP) is 1.10. The van der Waals surface area contributed by atoms with Gasteiger partial charge in [-0.3, -0.25) is 0 Å². The summed E-state index contributed by atoms with van der Waals surface area (Å²) in [6, 6.07) is 6.03. The van der Waals surface area contributed by atoms with E-state index in [4.69, 9.17) is 11.6 Å². The van der Waals surface area contributed by atoms with Crippen LogP contribution in [0.4, 0.5) is 0 Å². The Balaban J connectivity index is 2.29. The van der Waals surface area contributed by atoms with Crippen LogP contribution in [0.15, 0.2) is 29.2 Å². The molecule has 1 aliphatic rings. The van der Waals surface area contributed by atoms with Gasteiger partial charge in [0.1, 0.15) is 0 Å². The van der Waals surface area contributed by atoms with Gasteiger partial charge in [-0.05, 0) is 30.7 Å². The van der Waals surface area contributed by atoms with Crippen molar-refractivity contribution < 1.29 is 13.5 Å². The number of nitrogens with zero attached hydrogens (tertiary/aromatic N) is 1. The smallest absolute Gasteiger partial charge is 0.243 e. The number of hydrogen-bond acceptors (Lipinski definition) is 3. The Labute approximate surface area is 99.5 Å². The molecule has 0 amide bonds. The van der Waals surface area contributed by atoms with E-state index in [1.807, 2.05) is 0 Å². The van der Waals surface area contributed by atoms with Crippen LogP contribution in [0.1, 0.15) is 6.42 Å². The third kappa shape index (κ3) is 2.22. The standard InChI is InChI=1S/C10H12ClNO3S/c11-8-1-3-10(4-2-8)16(14,15)12-6-5-9(13)7-12/h1-4,9,13H,5-7H2/t9-/m1/s1. The second kappa shape index (κ2) is 4.33. The summed E-state index contributed by atoms with van der Waals surface area (Å²) in [5.41, 5.74) is 0. The molecular weight excluding hydrogens is 250 g/mol. The number of aliphatic hydroxyl groups is 1. The van der Waals surface area contributed by atoms with Gasteiger partial charge in [-0.1, -0.05) is 11.6 Å². The summed E-state index contributed by atoms with van der Waals surface area (Å²) in [5.74, 6) is 0. The highest BCUT2D eigenvalue weighted by atomic mass is 35.5. The number of rotatable bonds is 2. The van der Waals surface area contributed by atoms with Gasteiger partial charge in [-0.2, -0.15) is 4.31 Å². The van der Waals surface area contributed by atoms with Crippen molar-refractivity contribution in [2.45, 2.75) is 17.4 Å². The van der Waals surface area contributed by atoms with E-state index in [0.29, 0.717) is 18.0 Å². The van der Waals surface area contributed by atoms with Gasteiger partial charge in [0, 0.05) is 18.1 Å². The molecule has 1 N–H and O–H groups in total. The van der Waals surface area contributed by atoms with Crippen molar-refractivity contribution in [2.75, 3.05) is 13.1 Å². The maximum absolute atomic E-state index is 12.1. The Morgan fingerprint density at radius 1 is 1.31 bits per heavy atom. The fraction of sp³-hybridized carbons (Fsp3) is 0.400. The summed E-state index contributed by atoms with van der Waals surface area (Å²) in [7, 11) is -3.47. The fourth-order valence-corrected chi connectivity index (χ4v) is 3.30. The summed E-state index contributed by atoms with van der Waals surface area (Å²) < 4.78 is 25.4. The van der Waals surface area contributed by atoms with E-state index in [-0.39, 0.29) is 11.4 Å². The fourth-order valence-electron chi connectivity index (χ4n) is 1.68. The van der Waals surface area contributed by atoms with Crippen molar-refractivity contribution in [2.24, 2.45) is 0 Å². The number of aliphatic hydroxyl groups excluding tert-OH is 1. The molecule has 0 aliphatic carbocycles. The zero-order valence-electron chi connectivity index (χ0n) is 8.51. The van der Waals surface area contributed by atoms with E-state index in [9.17, 15) is 13.5 Å². The minimum Gasteiger partial charge on any atom is -0.392 e. The lowest BCUT2D eigenvalue weighted by atomic mass is 10.3. The molecule has 1 aromatic carbocycles. The molecule has 1 heterocycles. The first-order valence-corrected chi connectivity index (χ1v) is 6.76. The van der Waals surface area contributed by atoms with Crippen molar-refractivity contribution in [1.82, 2.24) is 4.31 Å². The van der Waals surface area contributed by atoms with Crippen LogP contribution in [0.5, 0.6) is 0 Å². The summed E-state index contributed by atoms with van der Waals surface area (Å²) in [6.45, 7) is 0.539. The monoisotopic (exact) mass is 261 g/mol. The number of benzene rings is 1.